The fourth-order valence-corrected chi connectivity index (χ4v) is 6.55. The average molecular weight is 776 g/mol. The smallest absolute Gasteiger partial charge is 0.311 e. The summed E-state index contributed by atoms with van der Waals surface area (Å²) in [7, 11) is 1.61. The standard InChI is InChI=1S/C42H50FN11O3/c1-28(2)54-27-49-39-41(50-40(51-42(39)54)31-22-32(43)26-45-24-31)47-21-19-30-25-48-36-18-17-34(23-35(30)36)57-38(56)12-7-5-4-6-8-20-46-37(55)11-9-10-29-13-15-33(16-14-29)52-53-44-3/h13-18,22-28,48H,4-12,19-21H2,1-3H3,(H,44,52)(H,46,55)(H,47,50,51). The molecule has 15 heteroatoms. The van der Waals surface area contributed by atoms with Gasteiger partial charge in [-0.15, -0.1) is 0 Å². The number of esters is 1. The van der Waals surface area contributed by atoms with Gasteiger partial charge in [0.25, 0.3) is 0 Å². The number of nitrogens with one attached hydrogen (secondary N) is 4. The number of anilines is 2. The fourth-order valence-electron chi connectivity index (χ4n) is 6.55. The summed E-state index contributed by atoms with van der Waals surface area (Å²) in [5.74, 6) is 0.775. The molecule has 6 rings (SSSR count). The zero-order valence-electron chi connectivity index (χ0n) is 32.7. The summed E-state index contributed by atoms with van der Waals surface area (Å²) in [6, 6.07) is 15.0. The normalized spacial score (nSPS) is 11.5. The van der Waals surface area contributed by atoms with E-state index in [-0.39, 0.29) is 17.9 Å². The molecule has 14 nitrogen and oxygen atoms in total. The molecule has 4 heterocycles. The second-order valence-electron chi connectivity index (χ2n) is 14.2. The third kappa shape index (κ3) is 11.4. The topological polar surface area (TPSA) is 176 Å². The van der Waals surface area contributed by atoms with Crippen molar-refractivity contribution in [2.75, 3.05) is 30.9 Å². The molecule has 0 radical (unpaired) electrons. The zero-order chi connectivity index (χ0) is 40.0. The number of ether oxygens (including phenoxy) is 1. The van der Waals surface area contributed by atoms with Crippen molar-refractivity contribution in [1.29, 1.82) is 0 Å². The molecular formula is C42H50FN11O3. The highest BCUT2D eigenvalue weighted by molar-refractivity contribution is 5.87. The summed E-state index contributed by atoms with van der Waals surface area (Å²) < 4.78 is 21.7. The van der Waals surface area contributed by atoms with Crippen LogP contribution in [0.3, 0.4) is 0 Å². The van der Waals surface area contributed by atoms with Crippen molar-refractivity contribution in [2.45, 2.75) is 84.1 Å². The third-order valence-corrected chi connectivity index (χ3v) is 9.58. The Labute approximate surface area is 331 Å². The van der Waals surface area contributed by atoms with Crippen molar-refractivity contribution >= 4 is 45.4 Å². The number of aryl methyl sites for hydroxylation is 1. The van der Waals surface area contributed by atoms with Gasteiger partial charge < -0.3 is 24.9 Å². The molecule has 0 fully saturated rings. The summed E-state index contributed by atoms with van der Waals surface area (Å²) in [4.78, 5) is 46.2. The second-order valence-corrected chi connectivity index (χ2v) is 14.2. The van der Waals surface area contributed by atoms with Crippen molar-refractivity contribution in [3.63, 3.8) is 0 Å². The molecule has 1 amide bonds. The van der Waals surface area contributed by atoms with Crippen molar-refractivity contribution in [3.8, 4) is 17.1 Å². The number of H-pyrrole nitrogens is 1. The zero-order valence-corrected chi connectivity index (χ0v) is 32.7. The van der Waals surface area contributed by atoms with Crippen LogP contribution in [0, 0.1) is 5.82 Å². The molecule has 0 aliphatic heterocycles. The van der Waals surface area contributed by atoms with Gasteiger partial charge in [0, 0.05) is 60.8 Å². The highest BCUT2D eigenvalue weighted by Crippen LogP contribution is 2.28. The van der Waals surface area contributed by atoms with E-state index in [9.17, 15) is 14.0 Å². The SMILES string of the molecule is CN=NNc1ccc(CCCC(=O)NCCCCCCCC(=O)Oc2ccc3[nH]cc(CCNc4nc(-c5cncc(F)c5)nc5c4ncn5C(C)C)c3c2)cc1. The molecular weight excluding hydrogens is 726 g/mol. The fraction of sp³-hybridized carbons (Fsp3) is 0.381. The van der Waals surface area contributed by atoms with Gasteiger partial charge in [-0.05, 0) is 93.5 Å². The van der Waals surface area contributed by atoms with Crippen LogP contribution in [0.5, 0.6) is 5.75 Å². The first kappa shape index (κ1) is 40.4. The lowest BCUT2D eigenvalue weighted by atomic mass is 10.1. The van der Waals surface area contributed by atoms with Crippen molar-refractivity contribution in [3.05, 3.63) is 90.4 Å². The molecule has 4 aromatic heterocycles. The van der Waals surface area contributed by atoms with Gasteiger partial charge in [0.15, 0.2) is 17.3 Å². The molecule has 0 saturated carbocycles. The number of hydrogen-bond acceptors (Lipinski definition) is 10. The third-order valence-electron chi connectivity index (χ3n) is 9.58. The number of carbonyl (C=O) groups excluding carboxylic acids is 2. The van der Waals surface area contributed by atoms with Crippen LogP contribution in [0.1, 0.15) is 82.4 Å². The lowest BCUT2D eigenvalue weighted by Gasteiger charge is -2.11. The van der Waals surface area contributed by atoms with Gasteiger partial charge in [0.1, 0.15) is 17.1 Å². The van der Waals surface area contributed by atoms with Crippen LogP contribution in [-0.4, -0.2) is 61.5 Å². The maximum Gasteiger partial charge on any atom is 0.311 e. The van der Waals surface area contributed by atoms with Gasteiger partial charge in [-0.25, -0.2) is 19.3 Å². The number of amides is 1. The highest BCUT2D eigenvalue weighted by Gasteiger charge is 2.17. The van der Waals surface area contributed by atoms with Gasteiger partial charge in [-0.1, -0.05) is 36.6 Å². The van der Waals surface area contributed by atoms with Gasteiger partial charge in [0.05, 0.1) is 25.3 Å². The van der Waals surface area contributed by atoms with Crippen LogP contribution in [-0.2, 0) is 22.4 Å². The molecule has 0 atom stereocenters. The van der Waals surface area contributed by atoms with Gasteiger partial charge >= 0.3 is 5.97 Å². The molecule has 0 unspecified atom stereocenters. The van der Waals surface area contributed by atoms with E-state index in [1.54, 1.807) is 25.6 Å². The molecule has 0 spiro atoms. The van der Waals surface area contributed by atoms with E-state index < -0.39 is 5.82 Å². The van der Waals surface area contributed by atoms with Crippen LogP contribution in [0.2, 0.25) is 0 Å². The average Bonchev–Trinajstić information content (AvgIpc) is 3.83. The number of aromatic amines is 1. The van der Waals surface area contributed by atoms with Gasteiger partial charge in [0.2, 0.25) is 5.91 Å². The van der Waals surface area contributed by atoms with E-state index in [0.717, 1.165) is 73.3 Å². The predicted octanol–water partition coefficient (Wildman–Crippen LogP) is 8.54. The van der Waals surface area contributed by atoms with E-state index >= 15 is 0 Å². The molecule has 298 valence electrons. The number of aromatic nitrogens is 6. The molecule has 0 aliphatic carbocycles. The number of imidazole rings is 1. The summed E-state index contributed by atoms with van der Waals surface area (Å²) in [6.45, 7) is 5.29. The van der Waals surface area contributed by atoms with Crippen LogP contribution >= 0.6 is 0 Å². The number of unbranched alkanes of at least 4 members (excludes halogenated alkanes) is 4. The van der Waals surface area contributed by atoms with Crippen molar-refractivity contribution in [2.24, 2.45) is 10.3 Å². The minimum absolute atomic E-state index is 0.0788. The number of carbonyl (C=O) groups is 2. The number of hydrogen-bond donors (Lipinski definition) is 4. The summed E-state index contributed by atoms with van der Waals surface area (Å²) in [5.41, 5.74) is 8.64. The Morgan fingerprint density at radius 2 is 1.75 bits per heavy atom. The Morgan fingerprint density at radius 1 is 0.930 bits per heavy atom. The first-order valence-electron chi connectivity index (χ1n) is 19.6. The van der Waals surface area contributed by atoms with E-state index in [1.165, 1.54) is 11.6 Å². The first-order chi connectivity index (χ1) is 27.8. The lowest BCUT2D eigenvalue weighted by molar-refractivity contribution is -0.134. The maximum atomic E-state index is 14.0. The van der Waals surface area contributed by atoms with Crippen LogP contribution in [0.15, 0.2) is 83.8 Å². The number of fused-ring (bicyclic) bond motifs is 2. The molecule has 2 aromatic carbocycles. The number of halogens is 1. The Balaban J connectivity index is 0.897. The predicted molar refractivity (Wildman–Crippen MR) is 220 cm³/mol. The largest absolute Gasteiger partial charge is 0.427 e. The van der Waals surface area contributed by atoms with Crippen molar-refractivity contribution < 1.29 is 18.7 Å². The second kappa shape index (κ2) is 20.1. The van der Waals surface area contributed by atoms with E-state index in [1.807, 2.05) is 61.0 Å². The van der Waals surface area contributed by atoms with E-state index in [0.29, 0.717) is 66.5 Å². The molecule has 0 bridgehead atoms. The first-order valence-corrected chi connectivity index (χ1v) is 19.6. The van der Waals surface area contributed by atoms with Crippen LogP contribution in [0.4, 0.5) is 15.9 Å². The molecule has 0 saturated heterocycles. The maximum absolute atomic E-state index is 14.0. The summed E-state index contributed by atoms with van der Waals surface area (Å²) in [5, 5.41) is 14.8. The number of rotatable bonds is 21. The molecule has 4 N–H and O–H groups in total. The highest BCUT2D eigenvalue weighted by atomic mass is 19.1. The Hall–Kier alpha value is -6.25. The number of benzene rings is 2. The molecule has 6 aromatic rings. The lowest BCUT2D eigenvalue weighted by Crippen LogP contribution is -2.24. The Bertz CT molecular complexity index is 2280. The number of nitrogens with zero attached hydrogens (tertiary/aromatic N) is 7. The van der Waals surface area contributed by atoms with Gasteiger partial charge in [-0.2, -0.15) is 5.11 Å². The Morgan fingerprint density at radius 3 is 2.56 bits per heavy atom. The minimum Gasteiger partial charge on any atom is -0.427 e. The summed E-state index contributed by atoms with van der Waals surface area (Å²) >= 11 is 0. The molecule has 57 heavy (non-hydrogen) atoms. The van der Waals surface area contributed by atoms with Crippen molar-refractivity contribution in [1.82, 2.24) is 34.8 Å². The Kier molecular flexibility index (Phi) is 14.2. The molecule has 0 aliphatic rings. The summed E-state index contributed by atoms with van der Waals surface area (Å²) in [6.07, 6.45) is 14.1. The van der Waals surface area contributed by atoms with Crippen LogP contribution in [0.25, 0.3) is 33.5 Å². The van der Waals surface area contributed by atoms with Crippen LogP contribution < -0.4 is 20.8 Å². The minimum atomic E-state index is -0.463. The van der Waals surface area contributed by atoms with E-state index in [4.69, 9.17) is 14.7 Å². The quantitative estimate of drug-likeness (QED) is 0.0183. The van der Waals surface area contributed by atoms with Gasteiger partial charge in [-0.3, -0.25) is 20.0 Å². The monoisotopic (exact) mass is 775 g/mol. The number of pyridine rings is 1. The van der Waals surface area contributed by atoms with E-state index in [2.05, 4.69) is 41.3 Å².